The number of carbonyl (C=O) groups is 1. The Balaban J connectivity index is 1.58. The van der Waals surface area contributed by atoms with Crippen molar-refractivity contribution in [1.29, 1.82) is 0 Å². The number of nitrogens with one attached hydrogen (secondary N) is 1. The molecule has 0 spiro atoms. The van der Waals surface area contributed by atoms with Crippen LogP contribution in [-0.4, -0.2) is 55.4 Å². The number of aromatic nitrogens is 5. The van der Waals surface area contributed by atoms with Crippen LogP contribution in [0.15, 0.2) is 21.9 Å². The quantitative estimate of drug-likeness (QED) is 0.401. The van der Waals surface area contributed by atoms with Crippen LogP contribution in [0.25, 0.3) is 5.82 Å². The second kappa shape index (κ2) is 10.1. The summed E-state index contributed by atoms with van der Waals surface area (Å²) >= 11 is 0. The average molecular weight is 466 g/mol. The first kappa shape index (κ1) is 23.6. The van der Waals surface area contributed by atoms with Gasteiger partial charge >= 0.3 is 0 Å². The SMILES string of the molecule is Cc1cc(C)c(C=NNC(=O)c2nnn(-c3nonc3N)c2CN(C)C2CCCCC2)c(C)c1. The van der Waals surface area contributed by atoms with E-state index >= 15 is 0 Å². The van der Waals surface area contributed by atoms with E-state index in [2.05, 4.69) is 55.1 Å². The van der Waals surface area contributed by atoms with Gasteiger partial charge in [-0.3, -0.25) is 9.69 Å². The lowest BCUT2D eigenvalue weighted by Crippen LogP contribution is -2.34. The van der Waals surface area contributed by atoms with Gasteiger partial charge in [0.1, 0.15) is 0 Å². The summed E-state index contributed by atoms with van der Waals surface area (Å²) in [5, 5.41) is 19.9. The second-order valence-electron chi connectivity index (χ2n) is 8.99. The Hall–Kier alpha value is -3.60. The number of anilines is 1. The van der Waals surface area contributed by atoms with Crippen molar-refractivity contribution in [2.45, 2.75) is 65.5 Å². The highest BCUT2D eigenvalue weighted by Gasteiger charge is 2.27. The van der Waals surface area contributed by atoms with Crippen LogP contribution >= 0.6 is 0 Å². The molecule has 1 amide bonds. The summed E-state index contributed by atoms with van der Waals surface area (Å²) in [5.74, 6) is -0.193. The lowest BCUT2D eigenvalue weighted by atomic mass is 9.94. The molecule has 2 heterocycles. The number of rotatable bonds is 7. The van der Waals surface area contributed by atoms with E-state index in [4.69, 9.17) is 10.4 Å². The number of carbonyl (C=O) groups excluding carboxylic acids is 1. The Morgan fingerprint density at radius 2 is 1.94 bits per heavy atom. The summed E-state index contributed by atoms with van der Waals surface area (Å²) in [5.41, 5.74) is 13.5. The molecule has 2 aromatic heterocycles. The van der Waals surface area contributed by atoms with Crippen molar-refractivity contribution in [3.05, 3.63) is 45.8 Å². The van der Waals surface area contributed by atoms with E-state index in [9.17, 15) is 4.79 Å². The Labute approximate surface area is 198 Å². The van der Waals surface area contributed by atoms with Crippen LogP contribution in [0.4, 0.5) is 5.82 Å². The third kappa shape index (κ3) is 4.98. The van der Waals surface area contributed by atoms with Crippen molar-refractivity contribution in [2.24, 2.45) is 5.10 Å². The third-order valence-corrected chi connectivity index (χ3v) is 6.37. The van der Waals surface area contributed by atoms with Gasteiger partial charge in [0.05, 0.1) is 11.9 Å². The fraction of sp³-hybridized carbons (Fsp3) is 0.478. The molecule has 0 saturated heterocycles. The molecule has 4 rings (SSSR count). The zero-order valence-corrected chi connectivity index (χ0v) is 20.1. The molecular weight excluding hydrogens is 434 g/mol. The third-order valence-electron chi connectivity index (χ3n) is 6.37. The lowest BCUT2D eigenvalue weighted by molar-refractivity contribution is 0.0947. The Kier molecular flexibility index (Phi) is 7.01. The molecule has 11 nitrogen and oxygen atoms in total. The minimum Gasteiger partial charge on any atom is -0.378 e. The number of benzene rings is 1. The fourth-order valence-electron chi connectivity index (χ4n) is 4.62. The molecule has 0 aliphatic heterocycles. The predicted octanol–water partition coefficient (Wildman–Crippen LogP) is 2.69. The molecule has 0 atom stereocenters. The van der Waals surface area contributed by atoms with E-state index in [-0.39, 0.29) is 17.3 Å². The van der Waals surface area contributed by atoms with Gasteiger partial charge in [0.2, 0.25) is 11.6 Å². The maximum absolute atomic E-state index is 13.1. The van der Waals surface area contributed by atoms with E-state index in [1.165, 1.54) is 29.5 Å². The van der Waals surface area contributed by atoms with Crippen LogP contribution in [-0.2, 0) is 6.54 Å². The normalized spacial score (nSPS) is 14.9. The maximum atomic E-state index is 13.1. The smallest absolute Gasteiger partial charge is 0.293 e. The molecule has 1 aliphatic carbocycles. The monoisotopic (exact) mass is 465 g/mol. The van der Waals surface area contributed by atoms with Gasteiger partial charge in [0.15, 0.2) is 5.69 Å². The molecule has 0 bridgehead atoms. The zero-order chi connectivity index (χ0) is 24.2. The van der Waals surface area contributed by atoms with E-state index in [0.29, 0.717) is 18.3 Å². The van der Waals surface area contributed by atoms with Gasteiger partial charge in [-0.15, -0.1) is 5.10 Å². The summed E-state index contributed by atoms with van der Waals surface area (Å²) in [6.45, 7) is 6.52. The Bertz CT molecular complexity index is 1170. The number of hydrogen-bond donors (Lipinski definition) is 2. The van der Waals surface area contributed by atoms with Crippen molar-refractivity contribution in [3.8, 4) is 5.82 Å². The van der Waals surface area contributed by atoms with E-state index in [1.54, 1.807) is 6.21 Å². The fourth-order valence-corrected chi connectivity index (χ4v) is 4.62. The number of aryl methyl sites for hydroxylation is 3. The molecule has 34 heavy (non-hydrogen) atoms. The first-order valence-electron chi connectivity index (χ1n) is 11.5. The van der Waals surface area contributed by atoms with Gasteiger partial charge in [0.25, 0.3) is 5.91 Å². The first-order valence-corrected chi connectivity index (χ1v) is 11.5. The molecule has 1 aliphatic rings. The van der Waals surface area contributed by atoms with Gasteiger partial charge in [-0.2, -0.15) is 9.78 Å². The van der Waals surface area contributed by atoms with Crippen molar-refractivity contribution < 1.29 is 9.42 Å². The Morgan fingerprint density at radius 1 is 1.24 bits per heavy atom. The molecule has 3 N–H and O–H groups in total. The molecule has 11 heteroatoms. The maximum Gasteiger partial charge on any atom is 0.293 e. The van der Waals surface area contributed by atoms with Crippen molar-refractivity contribution in [3.63, 3.8) is 0 Å². The van der Waals surface area contributed by atoms with Gasteiger partial charge in [-0.25, -0.2) is 10.1 Å². The van der Waals surface area contributed by atoms with Crippen LogP contribution in [0.1, 0.15) is 70.5 Å². The van der Waals surface area contributed by atoms with Crippen LogP contribution in [0, 0.1) is 20.8 Å². The first-order chi connectivity index (χ1) is 16.3. The minimum atomic E-state index is -0.466. The summed E-state index contributed by atoms with van der Waals surface area (Å²) < 4.78 is 6.15. The molecule has 1 saturated carbocycles. The topological polar surface area (TPSA) is 140 Å². The number of nitrogens with zero attached hydrogens (tertiary/aromatic N) is 7. The lowest BCUT2D eigenvalue weighted by Gasteiger charge is -2.31. The van der Waals surface area contributed by atoms with E-state index in [1.807, 2.05) is 20.9 Å². The number of hydrogen-bond acceptors (Lipinski definition) is 9. The highest BCUT2D eigenvalue weighted by atomic mass is 16.6. The van der Waals surface area contributed by atoms with Crippen molar-refractivity contribution in [1.82, 2.24) is 35.6 Å². The number of hydrazone groups is 1. The highest BCUT2D eigenvalue weighted by Crippen LogP contribution is 2.24. The Morgan fingerprint density at radius 3 is 2.59 bits per heavy atom. The number of nitrogens with two attached hydrogens (primary N) is 1. The summed E-state index contributed by atoms with van der Waals surface area (Å²) in [6.07, 6.45) is 7.55. The molecule has 0 unspecified atom stereocenters. The summed E-state index contributed by atoms with van der Waals surface area (Å²) in [4.78, 5) is 15.3. The zero-order valence-electron chi connectivity index (χ0n) is 20.1. The number of nitrogen functional groups attached to an aromatic ring is 1. The van der Waals surface area contributed by atoms with Gasteiger partial charge in [-0.1, -0.05) is 42.2 Å². The van der Waals surface area contributed by atoms with Crippen LogP contribution in [0.3, 0.4) is 0 Å². The highest BCUT2D eigenvalue weighted by molar-refractivity contribution is 5.94. The van der Waals surface area contributed by atoms with Gasteiger partial charge in [0, 0.05) is 18.2 Å². The minimum absolute atomic E-state index is 0.0711. The van der Waals surface area contributed by atoms with Crippen LogP contribution < -0.4 is 11.2 Å². The average Bonchev–Trinajstić information content (AvgIpc) is 3.41. The second-order valence-corrected chi connectivity index (χ2v) is 8.99. The summed E-state index contributed by atoms with van der Waals surface area (Å²) in [6, 6.07) is 4.58. The van der Waals surface area contributed by atoms with Crippen molar-refractivity contribution >= 4 is 17.9 Å². The van der Waals surface area contributed by atoms with Crippen LogP contribution in [0.5, 0.6) is 0 Å². The molecule has 180 valence electrons. The predicted molar refractivity (Wildman–Crippen MR) is 128 cm³/mol. The largest absolute Gasteiger partial charge is 0.378 e. The molecule has 0 radical (unpaired) electrons. The standard InChI is InChI=1S/C23H31N9O2/c1-14-10-15(2)18(16(3)11-14)12-25-27-23(33)20-19(13-31(4)17-8-6-5-7-9-17)32(30-26-20)22-21(24)28-34-29-22/h10-12,17H,5-9,13H2,1-4H3,(H2,24,28)(H,27,33). The van der Waals surface area contributed by atoms with Crippen LogP contribution in [0.2, 0.25) is 0 Å². The summed E-state index contributed by atoms with van der Waals surface area (Å²) in [7, 11) is 2.04. The van der Waals surface area contributed by atoms with E-state index in [0.717, 1.165) is 29.5 Å². The van der Waals surface area contributed by atoms with Gasteiger partial charge < -0.3 is 5.73 Å². The number of amides is 1. The van der Waals surface area contributed by atoms with Gasteiger partial charge in [-0.05, 0) is 62.1 Å². The van der Waals surface area contributed by atoms with Crippen molar-refractivity contribution in [2.75, 3.05) is 12.8 Å². The van der Waals surface area contributed by atoms with E-state index < -0.39 is 5.91 Å². The molecule has 1 aromatic carbocycles. The molecular formula is C23H31N9O2. The molecule has 3 aromatic rings. The molecule has 1 fully saturated rings.